The number of aromatic nitrogens is 3. The summed E-state index contributed by atoms with van der Waals surface area (Å²) in [5, 5.41) is 25.8. The van der Waals surface area contributed by atoms with Gasteiger partial charge in [0.25, 0.3) is 5.91 Å². The number of anilines is 1. The van der Waals surface area contributed by atoms with Crippen LogP contribution in [0.5, 0.6) is 11.8 Å². The first-order chi connectivity index (χ1) is 33.7. The molecule has 5 aromatic rings. The van der Waals surface area contributed by atoms with E-state index in [4.69, 9.17) is 14.7 Å². The van der Waals surface area contributed by atoms with Gasteiger partial charge in [-0.2, -0.15) is 9.97 Å². The molecule has 3 amide bonds. The van der Waals surface area contributed by atoms with Crippen LogP contribution in [0.15, 0.2) is 48.7 Å². The number of fused-ring (bicyclic) bond motifs is 4. The third-order valence-electron chi connectivity index (χ3n) is 17.0. The number of imide groups is 1. The SMILES string of the molecule is CCc1c(F)ccc2cc(O)cc(-c3ncc4c(C5CCC[C@@](C)(O)C5)nc(OCC5(CN6C[C@@H]7C(CN8CCN(c9ccc%10c(c9)CN([C@H]9CCC(=O)NC9=O)C%10=O)CC8)[C@@H]7C6)CC5)nc4c3F)c12. The molecular weight excluding hydrogens is 895 g/mol. The van der Waals surface area contributed by atoms with Crippen LogP contribution < -0.4 is 15.0 Å². The lowest BCUT2D eigenvalue weighted by atomic mass is 9.77. The molecule has 12 rings (SSSR count). The van der Waals surface area contributed by atoms with Gasteiger partial charge in [-0.25, -0.2) is 8.78 Å². The number of aryl methyl sites for hydroxylation is 1. The number of nitrogens with zero attached hydrogens (tertiary/aromatic N) is 7. The summed E-state index contributed by atoms with van der Waals surface area (Å²) in [4.78, 5) is 60.9. The highest BCUT2D eigenvalue weighted by Crippen LogP contribution is 2.55. The van der Waals surface area contributed by atoms with Crippen molar-refractivity contribution < 1.29 is 38.1 Å². The number of nitrogens with one attached hydrogen (secondary N) is 1. The molecule has 6 heterocycles. The summed E-state index contributed by atoms with van der Waals surface area (Å²) in [6, 6.07) is 11.4. The highest BCUT2D eigenvalue weighted by Gasteiger charge is 2.57. The number of rotatable bonds is 12. The molecular formula is C54H60F2N8O6. The van der Waals surface area contributed by atoms with Crippen LogP contribution in [-0.4, -0.2) is 128 Å². The van der Waals surface area contributed by atoms with Gasteiger partial charge in [-0.05, 0) is 134 Å². The first-order valence-corrected chi connectivity index (χ1v) is 25.4. The number of likely N-dealkylation sites (tertiary alicyclic amines) is 1. The van der Waals surface area contributed by atoms with Crippen LogP contribution >= 0.6 is 0 Å². The predicted molar refractivity (Wildman–Crippen MR) is 258 cm³/mol. The maximum atomic E-state index is 17.2. The number of aromatic hydroxyl groups is 1. The minimum absolute atomic E-state index is 0.0350. The summed E-state index contributed by atoms with van der Waals surface area (Å²) in [5.74, 6) is -0.0906. The summed E-state index contributed by atoms with van der Waals surface area (Å²) in [6.45, 7) is 12.4. The number of piperazine rings is 1. The molecule has 3 saturated heterocycles. The number of hydrogen-bond donors (Lipinski definition) is 3. The molecule has 3 saturated carbocycles. The van der Waals surface area contributed by atoms with Gasteiger partial charge in [0, 0.05) is 105 Å². The standard InChI is InChI=1S/C54H60F2N8O6/c1-3-35-42(55)9-6-30-20-34(65)21-37(45(30)35)48-46(56)49-38(23-57-48)47(31-5-4-12-53(2,69)22-31)59-52(60-49)70-29-54(13-14-54)28-62-26-40-39(41(40)27-62)25-61-15-17-63(18-16-61)33-7-8-36-32(19-33)24-64(51(36)68)43-10-11-44(66)58-50(43)67/h6-9,19-21,23,31,39-41,43,65,69H,3-5,10-18,22,24-29H2,1-2H3,(H,58,66,67)/t31?,39?,40-,41+,43-,53+/m0/s1. The van der Waals surface area contributed by atoms with Gasteiger partial charge in [0.05, 0.1) is 17.9 Å². The van der Waals surface area contributed by atoms with Crippen LogP contribution in [0, 0.1) is 34.8 Å². The van der Waals surface area contributed by atoms with Crippen LogP contribution in [-0.2, 0) is 22.6 Å². The Bertz CT molecular complexity index is 2960. The fraction of sp³-hybridized carbons (Fsp3) is 0.519. The van der Waals surface area contributed by atoms with Gasteiger partial charge in [0.2, 0.25) is 11.8 Å². The Kier molecular flexibility index (Phi) is 11.1. The Morgan fingerprint density at radius 1 is 0.929 bits per heavy atom. The number of aliphatic hydroxyl groups is 1. The van der Waals surface area contributed by atoms with E-state index in [2.05, 4.69) is 31.1 Å². The summed E-state index contributed by atoms with van der Waals surface area (Å²) in [5.41, 5.74) is 3.07. The Hall–Kier alpha value is -5.84. The average molecular weight is 955 g/mol. The van der Waals surface area contributed by atoms with Crippen molar-refractivity contribution >= 4 is 45.1 Å². The fourth-order valence-corrected chi connectivity index (χ4v) is 12.9. The van der Waals surface area contributed by atoms with Crippen molar-refractivity contribution in [2.75, 3.05) is 63.9 Å². The number of halogens is 2. The van der Waals surface area contributed by atoms with Crippen LogP contribution in [0.25, 0.3) is 32.9 Å². The molecule has 6 atom stereocenters. The minimum atomic E-state index is -0.891. The van der Waals surface area contributed by atoms with Gasteiger partial charge in [0.15, 0.2) is 5.82 Å². The quantitative estimate of drug-likeness (QED) is 0.113. The van der Waals surface area contributed by atoms with Crippen molar-refractivity contribution in [1.82, 2.24) is 35.0 Å². The molecule has 0 radical (unpaired) electrons. The van der Waals surface area contributed by atoms with Crippen molar-refractivity contribution in [3.63, 3.8) is 0 Å². The second kappa shape index (κ2) is 17.2. The van der Waals surface area contributed by atoms with E-state index in [1.165, 1.54) is 12.1 Å². The first kappa shape index (κ1) is 45.3. The number of pyridine rings is 1. The van der Waals surface area contributed by atoms with E-state index in [0.29, 0.717) is 89.6 Å². The van der Waals surface area contributed by atoms with E-state index in [1.807, 2.05) is 26.0 Å². The zero-order valence-electron chi connectivity index (χ0n) is 39.9. The lowest BCUT2D eigenvalue weighted by Gasteiger charge is -2.37. The monoisotopic (exact) mass is 954 g/mol. The van der Waals surface area contributed by atoms with Crippen molar-refractivity contribution in [2.45, 2.75) is 95.7 Å². The lowest BCUT2D eigenvalue weighted by molar-refractivity contribution is -0.136. The summed E-state index contributed by atoms with van der Waals surface area (Å²) in [7, 11) is 0. The molecule has 0 bridgehead atoms. The van der Waals surface area contributed by atoms with Crippen LogP contribution in [0.1, 0.15) is 98.3 Å². The Morgan fingerprint density at radius 3 is 2.47 bits per heavy atom. The summed E-state index contributed by atoms with van der Waals surface area (Å²) < 4.78 is 38.8. The largest absolute Gasteiger partial charge is 0.508 e. The molecule has 3 N–H and O–H groups in total. The number of hydrogen-bond acceptors (Lipinski definition) is 12. The highest BCUT2D eigenvalue weighted by atomic mass is 19.1. The van der Waals surface area contributed by atoms with Crippen molar-refractivity contribution in [1.29, 1.82) is 0 Å². The molecule has 0 spiro atoms. The van der Waals surface area contributed by atoms with Gasteiger partial charge < -0.3 is 29.6 Å². The van der Waals surface area contributed by atoms with Crippen LogP contribution in [0.3, 0.4) is 0 Å². The van der Waals surface area contributed by atoms with Gasteiger partial charge >= 0.3 is 6.01 Å². The van der Waals surface area contributed by atoms with Gasteiger partial charge in [-0.1, -0.05) is 13.0 Å². The third kappa shape index (κ3) is 8.22. The normalized spacial score (nSPS) is 27.6. The molecule has 7 aliphatic rings. The zero-order chi connectivity index (χ0) is 48.2. The number of piperidine rings is 2. The Morgan fingerprint density at radius 2 is 1.73 bits per heavy atom. The topological polar surface area (TPSA) is 165 Å². The van der Waals surface area contributed by atoms with Gasteiger partial charge in [0.1, 0.15) is 28.8 Å². The fourth-order valence-electron chi connectivity index (χ4n) is 12.9. The molecule has 16 heteroatoms. The number of ether oxygens (including phenoxy) is 1. The maximum absolute atomic E-state index is 17.2. The Labute approximate surface area is 405 Å². The van der Waals surface area contributed by atoms with E-state index in [9.17, 15) is 24.6 Å². The number of benzene rings is 3. The lowest BCUT2D eigenvalue weighted by Crippen LogP contribution is -2.52. The van der Waals surface area contributed by atoms with E-state index in [0.717, 1.165) is 89.3 Å². The molecule has 4 aliphatic heterocycles. The highest BCUT2D eigenvalue weighted by molar-refractivity contribution is 6.05. The van der Waals surface area contributed by atoms with Crippen molar-refractivity contribution in [2.24, 2.45) is 23.2 Å². The smallest absolute Gasteiger partial charge is 0.317 e. The average Bonchev–Trinajstić information content (AvgIpc) is 4.15. The summed E-state index contributed by atoms with van der Waals surface area (Å²) >= 11 is 0. The maximum Gasteiger partial charge on any atom is 0.317 e. The van der Waals surface area contributed by atoms with E-state index >= 15 is 8.78 Å². The van der Waals surface area contributed by atoms with E-state index in [-0.39, 0.29) is 58.1 Å². The van der Waals surface area contributed by atoms with Crippen LogP contribution in [0.4, 0.5) is 14.5 Å². The predicted octanol–water partition coefficient (Wildman–Crippen LogP) is 6.72. The van der Waals surface area contributed by atoms with E-state index < -0.39 is 29.2 Å². The second-order valence-electron chi connectivity index (χ2n) is 21.8. The van der Waals surface area contributed by atoms with Crippen LogP contribution in [0.2, 0.25) is 0 Å². The molecule has 70 heavy (non-hydrogen) atoms. The summed E-state index contributed by atoms with van der Waals surface area (Å²) in [6.07, 6.45) is 7.30. The molecule has 2 unspecified atom stereocenters. The molecule has 2 aromatic heterocycles. The molecule has 6 fully saturated rings. The third-order valence-corrected chi connectivity index (χ3v) is 17.0. The van der Waals surface area contributed by atoms with Gasteiger partial charge in [-0.15, -0.1) is 0 Å². The molecule has 3 aliphatic carbocycles. The first-order valence-electron chi connectivity index (χ1n) is 25.4. The van der Waals surface area contributed by atoms with E-state index in [1.54, 1.807) is 23.2 Å². The van der Waals surface area contributed by atoms with Crippen molar-refractivity contribution in [3.05, 3.63) is 82.7 Å². The molecule has 14 nitrogen and oxygen atoms in total. The molecule has 3 aromatic carbocycles. The second-order valence-corrected chi connectivity index (χ2v) is 21.8. The number of carbonyl (C=O) groups is 3. The van der Waals surface area contributed by atoms with Crippen molar-refractivity contribution in [3.8, 4) is 23.0 Å². The Balaban J connectivity index is 0.686. The number of phenols is 1. The molecule has 366 valence electrons. The number of amides is 3. The zero-order valence-corrected chi connectivity index (χ0v) is 39.9. The number of phenolic OH excluding ortho intramolecular Hbond substituents is 1. The minimum Gasteiger partial charge on any atom is -0.508 e. The number of carbonyl (C=O) groups excluding carboxylic acids is 3. The van der Waals surface area contributed by atoms with Gasteiger partial charge in [-0.3, -0.25) is 29.6 Å².